The highest BCUT2D eigenvalue weighted by molar-refractivity contribution is 5.78. The third-order valence-electron chi connectivity index (χ3n) is 7.36. The van der Waals surface area contributed by atoms with Crippen LogP contribution >= 0.6 is 0 Å². The summed E-state index contributed by atoms with van der Waals surface area (Å²) in [5.41, 5.74) is 0.543. The molecule has 2 aromatic rings. The van der Waals surface area contributed by atoms with Crippen LogP contribution in [0.5, 0.6) is 5.88 Å². The molecule has 3 aliphatic rings. The van der Waals surface area contributed by atoms with Crippen molar-refractivity contribution in [3.8, 4) is 5.88 Å². The molecule has 7 nitrogen and oxygen atoms in total. The van der Waals surface area contributed by atoms with Gasteiger partial charge in [0.05, 0.1) is 41.6 Å². The Morgan fingerprint density at radius 1 is 1.17 bits per heavy atom. The van der Waals surface area contributed by atoms with E-state index in [0.717, 1.165) is 38.5 Å². The third kappa shape index (κ3) is 6.44. The summed E-state index contributed by atoms with van der Waals surface area (Å²) in [6, 6.07) is 3.65. The number of ether oxygens (including phenoxy) is 3. The number of aryl methyl sites for hydroxylation is 1. The normalized spacial score (nSPS) is 23.6. The van der Waals surface area contributed by atoms with Crippen LogP contribution in [0.25, 0.3) is 11.0 Å². The number of fused-ring (bicyclic) bond motifs is 4. The van der Waals surface area contributed by atoms with Crippen molar-refractivity contribution in [2.24, 2.45) is 0 Å². The number of alkyl carbamates (subject to hydrolysis) is 1. The Labute approximate surface area is 213 Å². The zero-order valence-electron chi connectivity index (χ0n) is 22.1. The number of hydrogen-bond donors (Lipinski definition) is 1. The van der Waals surface area contributed by atoms with Gasteiger partial charge in [0.25, 0.3) is 0 Å². The summed E-state index contributed by atoms with van der Waals surface area (Å²) in [6.45, 7) is 8.79. The Hall–Kier alpha value is -2.48. The van der Waals surface area contributed by atoms with Crippen LogP contribution < -0.4 is 10.1 Å². The largest absolute Gasteiger partial charge is 0.478 e. The molecule has 2 aliphatic heterocycles. The number of aromatic nitrogens is 2. The van der Waals surface area contributed by atoms with Gasteiger partial charge in [-0.05, 0) is 71.8 Å². The lowest BCUT2D eigenvalue weighted by atomic mass is 9.69. The lowest BCUT2D eigenvalue weighted by Gasteiger charge is -2.53. The molecule has 1 N–H and O–H groups in total. The van der Waals surface area contributed by atoms with E-state index < -0.39 is 11.7 Å². The molecule has 4 heterocycles. The summed E-state index contributed by atoms with van der Waals surface area (Å²) < 4.78 is 32.5. The van der Waals surface area contributed by atoms with Crippen LogP contribution in [0.15, 0.2) is 18.3 Å². The second-order valence-corrected chi connectivity index (χ2v) is 11.4. The van der Waals surface area contributed by atoms with E-state index in [1.807, 2.05) is 26.8 Å². The van der Waals surface area contributed by atoms with Gasteiger partial charge in [-0.25, -0.2) is 14.2 Å². The number of halogens is 1. The summed E-state index contributed by atoms with van der Waals surface area (Å²) in [5, 5.41) is 3.06. The monoisotopic (exact) mass is 501 g/mol. The second kappa shape index (κ2) is 10.9. The Kier molecular flexibility index (Phi) is 8.03. The molecule has 5 rings (SSSR count). The van der Waals surface area contributed by atoms with E-state index in [0.29, 0.717) is 48.5 Å². The van der Waals surface area contributed by atoms with E-state index in [1.165, 1.54) is 19.0 Å². The Morgan fingerprint density at radius 2 is 1.94 bits per heavy atom. The minimum absolute atomic E-state index is 0.313. The number of amides is 1. The van der Waals surface area contributed by atoms with Gasteiger partial charge >= 0.3 is 6.09 Å². The Balaban J connectivity index is 1.39. The lowest BCUT2D eigenvalue weighted by Crippen LogP contribution is -2.63. The number of carbonyl (C=O) groups excluding carboxylic acids is 1. The number of nitrogens with one attached hydrogen (secondary N) is 1. The summed E-state index contributed by atoms with van der Waals surface area (Å²) in [6.07, 6.45) is 9.81. The third-order valence-corrected chi connectivity index (χ3v) is 7.36. The van der Waals surface area contributed by atoms with Crippen molar-refractivity contribution in [1.29, 1.82) is 0 Å². The fourth-order valence-corrected chi connectivity index (χ4v) is 5.22. The summed E-state index contributed by atoms with van der Waals surface area (Å²) in [7, 11) is 0. The van der Waals surface area contributed by atoms with Crippen LogP contribution in [0.2, 0.25) is 0 Å². The van der Waals surface area contributed by atoms with Gasteiger partial charge in [-0.2, -0.15) is 0 Å². The molecule has 36 heavy (non-hydrogen) atoms. The molecular formula is C28H40FN3O4. The quantitative estimate of drug-likeness (QED) is 0.387. The first-order valence-electron chi connectivity index (χ1n) is 13.3. The highest BCUT2D eigenvalue weighted by Crippen LogP contribution is 2.46. The van der Waals surface area contributed by atoms with Gasteiger partial charge < -0.3 is 19.5 Å². The van der Waals surface area contributed by atoms with Crippen molar-refractivity contribution in [3.05, 3.63) is 29.7 Å². The second-order valence-electron chi connectivity index (χ2n) is 11.4. The molecule has 1 amide bonds. The van der Waals surface area contributed by atoms with Crippen molar-refractivity contribution in [2.75, 3.05) is 13.2 Å². The predicted octanol–water partition coefficient (Wildman–Crippen LogP) is 6.27. The first-order valence-corrected chi connectivity index (χ1v) is 13.3. The molecule has 0 aromatic carbocycles. The highest BCUT2D eigenvalue weighted by atomic mass is 19.1. The van der Waals surface area contributed by atoms with Crippen molar-refractivity contribution in [2.45, 2.75) is 109 Å². The van der Waals surface area contributed by atoms with Crippen molar-refractivity contribution in [1.82, 2.24) is 15.3 Å². The molecule has 0 atom stereocenters. The van der Waals surface area contributed by atoms with Crippen LogP contribution in [-0.2, 0) is 15.9 Å². The van der Waals surface area contributed by atoms with E-state index in [4.69, 9.17) is 14.2 Å². The van der Waals surface area contributed by atoms with Crippen LogP contribution in [0.3, 0.4) is 0 Å². The van der Waals surface area contributed by atoms with E-state index in [2.05, 4.69) is 22.2 Å². The molecule has 8 heteroatoms. The molecule has 2 saturated heterocycles. The van der Waals surface area contributed by atoms with Gasteiger partial charge in [0.15, 0.2) is 0 Å². The molecular weight excluding hydrogens is 461 g/mol. The standard InChI is InChI=1S/C28H40FN3O4/c1-5-6-7-8-17-34-23-10-9-22-24(31-23)20(21(29)18-30-22)11-12-28-15-13-27(14-16-28,19-35-28)32-25(33)36-26(2,3)4/h9-10,18H,5-8,11-17,19H2,1-4H3,(H,32,33). The minimum Gasteiger partial charge on any atom is -0.478 e. The fourth-order valence-electron chi connectivity index (χ4n) is 5.22. The minimum atomic E-state index is -0.542. The van der Waals surface area contributed by atoms with Crippen molar-refractivity contribution in [3.63, 3.8) is 0 Å². The molecule has 198 valence electrons. The number of rotatable bonds is 10. The number of hydrogen-bond acceptors (Lipinski definition) is 6. The maximum atomic E-state index is 14.9. The van der Waals surface area contributed by atoms with Crippen LogP contribution in [-0.4, -0.2) is 46.0 Å². The summed E-state index contributed by atoms with van der Waals surface area (Å²) >= 11 is 0. The Bertz CT molecular complexity index is 1040. The Morgan fingerprint density at radius 3 is 2.61 bits per heavy atom. The van der Waals surface area contributed by atoms with Crippen molar-refractivity contribution < 1.29 is 23.4 Å². The molecule has 2 bridgehead atoms. The SMILES string of the molecule is CCCCCCOc1ccc2ncc(F)c(CCC34CCC(NC(=O)OC(C)(C)C)(CC3)CO4)c2n1. The summed E-state index contributed by atoms with van der Waals surface area (Å²) in [4.78, 5) is 21.2. The maximum absolute atomic E-state index is 14.9. The van der Waals surface area contributed by atoms with Crippen molar-refractivity contribution >= 4 is 17.1 Å². The number of carbonyl (C=O) groups is 1. The number of pyridine rings is 2. The number of unbranched alkanes of at least 4 members (excludes halogenated alkanes) is 3. The molecule has 3 fully saturated rings. The van der Waals surface area contributed by atoms with Gasteiger partial charge in [0.2, 0.25) is 5.88 Å². The van der Waals surface area contributed by atoms with Gasteiger partial charge in [-0.1, -0.05) is 26.2 Å². The molecule has 0 unspecified atom stereocenters. The zero-order chi connectivity index (χ0) is 25.8. The summed E-state index contributed by atoms with van der Waals surface area (Å²) in [5.74, 6) is 0.162. The average molecular weight is 502 g/mol. The molecule has 2 aromatic heterocycles. The highest BCUT2D eigenvalue weighted by Gasteiger charge is 2.50. The fraction of sp³-hybridized carbons (Fsp3) is 0.679. The van der Waals surface area contributed by atoms with E-state index >= 15 is 0 Å². The van der Waals surface area contributed by atoms with Gasteiger partial charge in [0.1, 0.15) is 11.4 Å². The molecule has 1 aliphatic carbocycles. The van der Waals surface area contributed by atoms with E-state index in [1.54, 1.807) is 6.07 Å². The molecule has 0 radical (unpaired) electrons. The van der Waals surface area contributed by atoms with E-state index in [9.17, 15) is 9.18 Å². The topological polar surface area (TPSA) is 82.6 Å². The van der Waals surface area contributed by atoms with Crippen LogP contribution in [0.1, 0.15) is 91.0 Å². The van der Waals surface area contributed by atoms with Gasteiger partial charge in [0, 0.05) is 11.6 Å². The maximum Gasteiger partial charge on any atom is 0.408 e. The lowest BCUT2D eigenvalue weighted by molar-refractivity contribution is -0.163. The van der Waals surface area contributed by atoms with E-state index in [-0.39, 0.29) is 17.0 Å². The smallest absolute Gasteiger partial charge is 0.408 e. The molecule has 1 saturated carbocycles. The predicted molar refractivity (Wildman–Crippen MR) is 137 cm³/mol. The van der Waals surface area contributed by atoms with Crippen LogP contribution in [0.4, 0.5) is 9.18 Å². The average Bonchev–Trinajstić information content (AvgIpc) is 2.83. The molecule has 0 spiro atoms. The zero-order valence-corrected chi connectivity index (χ0v) is 22.1. The first-order chi connectivity index (χ1) is 17.1. The van der Waals surface area contributed by atoms with Gasteiger partial charge in [-0.15, -0.1) is 0 Å². The van der Waals surface area contributed by atoms with Gasteiger partial charge in [-0.3, -0.25) is 4.98 Å². The first kappa shape index (κ1) is 26.6. The van der Waals surface area contributed by atoms with Crippen LogP contribution in [0, 0.1) is 5.82 Å². The number of nitrogens with zero attached hydrogens (tertiary/aromatic N) is 2.